The molecular formula is C16H19N3O3S2. The third-order valence-electron chi connectivity index (χ3n) is 4.14. The zero-order valence-corrected chi connectivity index (χ0v) is 15.1. The molecule has 2 aliphatic heterocycles. The second-order valence-electron chi connectivity index (χ2n) is 5.93. The van der Waals surface area contributed by atoms with Gasteiger partial charge in [-0.05, 0) is 24.1 Å². The van der Waals surface area contributed by atoms with Crippen LogP contribution in [0.2, 0.25) is 0 Å². The van der Waals surface area contributed by atoms with Crippen molar-refractivity contribution in [1.82, 2.24) is 4.31 Å². The minimum absolute atomic E-state index is 0.270. The maximum absolute atomic E-state index is 12.1. The first-order valence-electron chi connectivity index (χ1n) is 7.70. The fourth-order valence-corrected chi connectivity index (χ4v) is 4.75. The summed E-state index contributed by atoms with van der Waals surface area (Å²) in [5.74, 6) is 0.787. The van der Waals surface area contributed by atoms with E-state index in [1.807, 2.05) is 6.07 Å². The molecule has 0 aromatic heterocycles. The predicted octanol–water partition coefficient (Wildman–Crippen LogP) is 0.426. The highest BCUT2D eigenvalue weighted by atomic mass is 32.2. The Morgan fingerprint density at radius 2 is 2.00 bits per heavy atom. The number of sulfonamides is 1. The molecule has 24 heavy (non-hydrogen) atoms. The number of hydrogen-bond acceptors (Lipinski definition) is 5. The Morgan fingerprint density at radius 3 is 2.67 bits per heavy atom. The fourth-order valence-electron chi connectivity index (χ4n) is 2.81. The molecule has 0 radical (unpaired) electrons. The first-order chi connectivity index (χ1) is 11.3. The van der Waals surface area contributed by atoms with Gasteiger partial charge in [0.15, 0.2) is 0 Å². The van der Waals surface area contributed by atoms with E-state index < -0.39 is 10.0 Å². The standard InChI is InChI=1S/C16H19N3O3S2/c1-11-4-3-5-13-15(11)17-14(18-16(13)20)10-23-12-6-8-19(9-7-12)24(2,21)22/h3-5,12H,1,6-10H2,2H3. The van der Waals surface area contributed by atoms with Gasteiger partial charge in [-0.15, -0.1) is 0 Å². The number of piperidine rings is 1. The van der Waals surface area contributed by atoms with Crippen molar-refractivity contribution in [3.8, 4) is 0 Å². The van der Waals surface area contributed by atoms with E-state index in [4.69, 9.17) is 0 Å². The number of carbonyl (C=O) groups excluding carboxylic acids is 1. The highest BCUT2D eigenvalue weighted by Gasteiger charge is 2.25. The van der Waals surface area contributed by atoms with Gasteiger partial charge in [-0.2, -0.15) is 16.8 Å². The number of hydrogen-bond donors (Lipinski definition) is 0. The van der Waals surface area contributed by atoms with Gasteiger partial charge in [-0.3, -0.25) is 4.79 Å². The molecule has 128 valence electrons. The lowest BCUT2D eigenvalue weighted by Crippen LogP contribution is -2.39. The van der Waals surface area contributed by atoms with Gasteiger partial charge in [0, 0.05) is 18.3 Å². The zero-order valence-electron chi connectivity index (χ0n) is 13.4. The number of nitrogens with zero attached hydrogens (tertiary/aromatic N) is 3. The van der Waals surface area contributed by atoms with Gasteiger partial charge in [0.05, 0.1) is 22.9 Å². The Kier molecular flexibility index (Phi) is 4.89. The lowest BCUT2D eigenvalue weighted by molar-refractivity contribution is 0.1000. The van der Waals surface area contributed by atoms with Crippen molar-refractivity contribution in [3.05, 3.63) is 34.3 Å². The number of benzene rings is 1. The molecule has 1 amide bonds. The average molecular weight is 365 g/mol. The second-order valence-corrected chi connectivity index (χ2v) is 9.20. The van der Waals surface area contributed by atoms with Crippen molar-refractivity contribution in [3.63, 3.8) is 0 Å². The summed E-state index contributed by atoms with van der Waals surface area (Å²) < 4.78 is 24.6. The van der Waals surface area contributed by atoms with E-state index in [0.29, 0.717) is 40.8 Å². The number of rotatable bonds is 4. The molecule has 8 heteroatoms. The quantitative estimate of drug-likeness (QED) is 0.775. The molecule has 0 spiro atoms. The molecular weight excluding hydrogens is 346 g/mol. The number of carbonyl (C=O) groups is 1. The van der Waals surface area contributed by atoms with Crippen LogP contribution in [0.3, 0.4) is 0 Å². The van der Waals surface area contributed by atoms with Gasteiger partial charge < -0.3 is 0 Å². The summed E-state index contributed by atoms with van der Waals surface area (Å²) >= 11 is 1.68. The normalized spacial score (nSPS) is 19.5. The van der Waals surface area contributed by atoms with Crippen LogP contribution in [-0.4, -0.2) is 54.8 Å². The van der Waals surface area contributed by atoms with Crippen LogP contribution >= 0.6 is 11.8 Å². The SMILES string of the molecule is C=c1cccc2c1=NC(CSC1CCN(S(C)(=O)=O)CC1)=NC2=O. The first-order valence-corrected chi connectivity index (χ1v) is 10.6. The summed E-state index contributed by atoms with van der Waals surface area (Å²) in [5.41, 5.74) is 0.498. The van der Waals surface area contributed by atoms with E-state index in [1.165, 1.54) is 10.6 Å². The molecule has 1 aromatic rings. The van der Waals surface area contributed by atoms with E-state index in [-0.39, 0.29) is 5.91 Å². The van der Waals surface area contributed by atoms with Crippen molar-refractivity contribution in [2.75, 3.05) is 25.1 Å². The van der Waals surface area contributed by atoms with Crippen molar-refractivity contribution in [2.45, 2.75) is 18.1 Å². The van der Waals surface area contributed by atoms with Gasteiger partial charge >= 0.3 is 0 Å². The van der Waals surface area contributed by atoms with Crippen LogP contribution < -0.4 is 10.6 Å². The molecule has 0 aliphatic carbocycles. The van der Waals surface area contributed by atoms with Gasteiger partial charge in [0.2, 0.25) is 10.0 Å². The molecule has 1 saturated heterocycles. The number of thioether (sulfide) groups is 1. The molecule has 0 atom stereocenters. The van der Waals surface area contributed by atoms with Crippen LogP contribution in [-0.2, 0) is 10.0 Å². The first kappa shape index (κ1) is 17.3. The average Bonchev–Trinajstić information content (AvgIpc) is 2.53. The maximum Gasteiger partial charge on any atom is 0.280 e. The largest absolute Gasteiger partial charge is 0.280 e. The van der Waals surface area contributed by atoms with Crippen LogP contribution in [0.25, 0.3) is 6.58 Å². The zero-order chi connectivity index (χ0) is 17.3. The highest BCUT2D eigenvalue weighted by molar-refractivity contribution is 8.00. The van der Waals surface area contributed by atoms with Crippen molar-refractivity contribution in [1.29, 1.82) is 0 Å². The third kappa shape index (κ3) is 3.76. The summed E-state index contributed by atoms with van der Waals surface area (Å²) in [6.07, 6.45) is 2.85. The smallest absolute Gasteiger partial charge is 0.267 e. The summed E-state index contributed by atoms with van der Waals surface area (Å²) in [4.78, 5) is 20.6. The number of para-hydroxylation sites is 1. The maximum atomic E-state index is 12.1. The summed E-state index contributed by atoms with van der Waals surface area (Å²) in [7, 11) is -3.10. The van der Waals surface area contributed by atoms with Gasteiger partial charge in [-0.25, -0.2) is 17.7 Å². The van der Waals surface area contributed by atoms with E-state index >= 15 is 0 Å². The number of amidine groups is 1. The lowest BCUT2D eigenvalue weighted by Gasteiger charge is -2.29. The monoisotopic (exact) mass is 365 g/mol. The molecule has 1 fully saturated rings. The fraction of sp³-hybridized carbons (Fsp3) is 0.438. The lowest BCUT2D eigenvalue weighted by atomic mass is 10.1. The minimum Gasteiger partial charge on any atom is -0.267 e. The predicted molar refractivity (Wildman–Crippen MR) is 96.4 cm³/mol. The molecule has 0 N–H and O–H groups in total. The van der Waals surface area contributed by atoms with Crippen molar-refractivity contribution < 1.29 is 13.2 Å². The summed E-state index contributed by atoms with van der Waals surface area (Å²) in [6, 6.07) is 5.32. The Morgan fingerprint density at radius 1 is 1.29 bits per heavy atom. The topological polar surface area (TPSA) is 79.2 Å². The van der Waals surface area contributed by atoms with E-state index in [1.54, 1.807) is 23.9 Å². The molecule has 2 heterocycles. The molecule has 3 rings (SSSR count). The van der Waals surface area contributed by atoms with Crippen LogP contribution in [0.1, 0.15) is 23.2 Å². The van der Waals surface area contributed by atoms with Crippen molar-refractivity contribution in [2.24, 2.45) is 9.98 Å². The number of aliphatic imine (C=N–C) groups is 1. The molecule has 0 bridgehead atoms. The molecule has 0 unspecified atom stereocenters. The van der Waals surface area contributed by atoms with E-state index in [9.17, 15) is 13.2 Å². The highest BCUT2D eigenvalue weighted by Crippen LogP contribution is 2.25. The van der Waals surface area contributed by atoms with Crippen LogP contribution in [0.15, 0.2) is 28.2 Å². The summed E-state index contributed by atoms with van der Waals surface area (Å²) in [5, 5.41) is 1.69. The number of fused-ring (bicyclic) bond motifs is 1. The van der Waals surface area contributed by atoms with Crippen LogP contribution in [0.4, 0.5) is 0 Å². The second kappa shape index (κ2) is 6.78. The van der Waals surface area contributed by atoms with Crippen LogP contribution in [0.5, 0.6) is 0 Å². The third-order valence-corrected chi connectivity index (χ3v) is 6.81. The van der Waals surface area contributed by atoms with Gasteiger partial charge in [-0.1, -0.05) is 18.7 Å². The Labute approximate surface area is 145 Å². The van der Waals surface area contributed by atoms with Crippen molar-refractivity contribution >= 4 is 40.1 Å². The molecule has 2 aliphatic rings. The number of amides is 1. The Hall–Kier alpha value is -1.51. The van der Waals surface area contributed by atoms with E-state index in [2.05, 4.69) is 16.6 Å². The molecule has 0 saturated carbocycles. The Balaban J connectivity index is 1.64. The van der Waals surface area contributed by atoms with Crippen LogP contribution in [0, 0.1) is 0 Å². The summed E-state index contributed by atoms with van der Waals surface area (Å²) in [6.45, 7) is 5.01. The Bertz CT molecular complexity index is 901. The van der Waals surface area contributed by atoms with Gasteiger partial charge in [0.25, 0.3) is 5.91 Å². The molecule has 6 nitrogen and oxygen atoms in total. The molecule has 1 aromatic carbocycles. The van der Waals surface area contributed by atoms with Gasteiger partial charge in [0.1, 0.15) is 5.84 Å². The van der Waals surface area contributed by atoms with E-state index in [0.717, 1.165) is 18.1 Å². The minimum atomic E-state index is -3.10.